The van der Waals surface area contributed by atoms with Crippen LogP contribution >= 0.6 is 11.5 Å². The standard InChI is InChI=1S/C13H11F3N4O2S/c14-13(15,16)10-17-11(23-19-10)18-12(21)20-5-6-22-9-4-2-1-3-8(9)7-20/h1-4H,5-7H2,(H,17,18,19,21). The van der Waals surface area contributed by atoms with Crippen LogP contribution in [0.15, 0.2) is 24.3 Å². The largest absolute Gasteiger partial charge is 0.491 e. The van der Waals surface area contributed by atoms with Gasteiger partial charge in [-0.3, -0.25) is 5.32 Å². The van der Waals surface area contributed by atoms with E-state index in [1.807, 2.05) is 18.2 Å². The highest BCUT2D eigenvalue weighted by Crippen LogP contribution is 2.29. The number of benzene rings is 1. The number of hydrogen-bond acceptors (Lipinski definition) is 5. The predicted molar refractivity (Wildman–Crippen MR) is 76.3 cm³/mol. The van der Waals surface area contributed by atoms with E-state index < -0.39 is 18.0 Å². The number of carbonyl (C=O) groups excluding carboxylic acids is 1. The third-order valence-corrected chi connectivity index (χ3v) is 3.76. The zero-order valence-corrected chi connectivity index (χ0v) is 12.4. The molecule has 1 aromatic carbocycles. The minimum absolute atomic E-state index is 0.194. The van der Waals surface area contributed by atoms with Crippen LogP contribution in [-0.2, 0) is 12.7 Å². The molecule has 1 aromatic heterocycles. The molecule has 122 valence electrons. The summed E-state index contributed by atoms with van der Waals surface area (Å²) < 4.78 is 46.1. The second-order valence-electron chi connectivity index (χ2n) is 4.73. The summed E-state index contributed by atoms with van der Waals surface area (Å²) in [5, 5.41) is 2.15. The smallest absolute Gasteiger partial charge is 0.452 e. The van der Waals surface area contributed by atoms with Gasteiger partial charge in [-0.2, -0.15) is 22.5 Å². The van der Waals surface area contributed by atoms with Crippen LogP contribution in [0.1, 0.15) is 11.4 Å². The number of amides is 2. The number of carbonyl (C=O) groups is 1. The first kappa shape index (κ1) is 15.5. The topological polar surface area (TPSA) is 67.4 Å². The number of fused-ring (bicyclic) bond motifs is 1. The zero-order chi connectivity index (χ0) is 16.4. The molecule has 0 spiro atoms. The van der Waals surface area contributed by atoms with Crippen LogP contribution in [0.5, 0.6) is 5.75 Å². The molecule has 2 amide bonds. The number of para-hydroxylation sites is 1. The number of alkyl halides is 3. The van der Waals surface area contributed by atoms with Crippen LogP contribution in [0.2, 0.25) is 0 Å². The number of rotatable bonds is 1. The van der Waals surface area contributed by atoms with Crippen molar-refractivity contribution in [2.75, 3.05) is 18.5 Å². The lowest BCUT2D eigenvalue weighted by Crippen LogP contribution is -2.36. The summed E-state index contributed by atoms with van der Waals surface area (Å²) in [6.07, 6.45) is -4.63. The van der Waals surface area contributed by atoms with E-state index in [1.165, 1.54) is 4.90 Å². The van der Waals surface area contributed by atoms with E-state index in [0.717, 1.165) is 5.56 Å². The third kappa shape index (κ3) is 3.52. The van der Waals surface area contributed by atoms with Crippen molar-refractivity contribution in [3.05, 3.63) is 35.7 Å². The zero-order valence-electron chi connectivity index (χ0n) is 11.6. The van der Waals surface area contributed by atoms with Crippen molar-refractivity contribution >= 4 is 22.7 Å². The SMILES string of the molecule is O=C(Nc1nc(C(F)(F)F)ns1)N1CCOc2ccccc2C1. The van der Waals surface area contributed by atoms with Gasteiger partial charge in [0, 0.05) is 17.1 Å². The van der Waals surface area contributed by atoms with Crippen molar-refractivity contribution in [2.24, 2.45) is 0 Å². The van der Waals surface area contributed by atoms with Crippen molar-refractivity contribution in [1.82, 2.24) is 14.3 Å². The molecule has 0 saturated carbocycles. The monoisotopic (exact) mass is 344 g/mol. The molecule has 0 saturated heterocycles. The van der Waals surface area contributed by atoms with Gasteiger partial charge in [0.25, 0.3) is 0 Å². The quantitative estimate of drug-likeness (QED) is 0.864. The van der Waals surface area contributed by atoms with Crippen LogP contribution in [0.4, 0.5) is 23.1 Å². The minimum atomic E-state index is -4.63. The molecular weight excluding hydrogens is 333 g/mol. The predicted octanol–water partition coefficient (Wildman–Crippen LogP) is 2.98. The Bertz CT molecular complexity index is 719. The maximum atomic E-state index is 12.5. The van der Waals surface area contributed by atoms with Gasteiger partial charge in [0.2, 0.25) is 11.0 Å². The molecule has 0 fully saturated rings. The lowest BCUT2D eigenvalue weighted by atomic mass is 10.2. The Hall–Kier alpha value is -2.36. The van der Waals surface area contributed by atoms with Crippen LogP contribution in [0.25, 0.3) is 0 Å². The normalized spacial score (nSPS) is 14.7. The van der Waals surface area contributed by atoms with Crippen LogP contribution < -0.4 is 10.1 Å². The van der Waals surface area contributed by atoms with E-state index >= 15 is 0 Å². The highest BCUT2D eigenvalue weighted by molar-refractivity contribution is 7.09. The number of nitrogens with zero attached hydrogens (tertiary/aromatic N) is 3. The van der Waals surface area contributed by atoms with Gasteiger partial charge in [-0.1, -0.05) is 18.2 Å². The first-order valence-corrected chi connectivity index (χ1v) is 7.38. The van der Waals surface area contributed by atoms with Gasteiger partial charge < -0.3 is 9.64 Å². The summed E-state index contributed by atoms with van der Waals surface area (Å²) in [6.45, 7) is 0.909. The van der Waals surface area contributed by atoms with Crippen molar-refractivity contribution in [1.29, 1.82) is 0 Å². The fraction of sp³-hybridized carbons (Fsp3) is 0.308. The van der Waals surface area contributed by atoms with Crippen LogP contribution in [-0.4, -0.2) is 33.4 Å². The Morgan fingerprint density at radius 1 is 1.35 bits per heavy atom. The number of hydrogen-bond donors (Lipinski definition) is 1. The molecule has 1 aliphatic rings. The van der Waals surface area contributed by atoms with Crippen molar-refractivity contribution in [3.8, 4) is 5.75 Å². The van der Waals surface area contributed by atoms with Gasteiger partial charge >= 0.3 is 12.2 Å². The average Bonchev–Trinajstić information content (AvgIpc) is 2.86. The first-order valence-electron chi connectivity index (χ1n) is 6.61. The molecule has 10 heteroatoms. The van der Waals surface area contributed by atoms with Crippen LogP contribution in [0, 0.1) is 0 Å². The summed E-state index contributed by atoms with van der Waals surface area (Å²) >= 11 is 0.489. The van der Waals surface area contributed by atoms with Crippen molar-refractivity contribution < 1.29 is 22.7 Å². The summed E-state index contributed by atoms with van der Waals surface area (Å²) in [7, 11) is 0. The fourth-order valence-electron chi connectivity index (χ4n) is 2.06. The van der Waals surface area contributed by atoms with E-state index in [-0.39, 0.29) is 5.13 Å². The fourth-order valence-corrected chi connectivity index (χ4v) is 2.64. The summed E-state index contributed by atoms with van der Waals surface area (Å²) in [5.74, 6) is -0.569. The second-order valence-corrected chi connectivity index (χ2v) is 5.48. The maximum absolute atomic E-state index is 12.5. The number of nitrogens with one attached hydrogen (secondary N) is 1. The van der Waals surface area contributed by atoms with Gasteiger partial charge in [0.1, 0.15) is 12.4 Å². The van der Waals surface area contributed by atoms with E-state index in [0.29, 0.717) is 37.0 Å². The number of aromatic nitrogens is 2. The highest BCUT2D eigenvalue weighted by atomic mass is 32.1. The van der Waals surface area contributed by atoms with Gasteiger partial charge in [-0.15, -0.1) is 0 Å². The molecule has 0 radical (unpaired) electrons. The molecule has 23 heavy (non-hydrogen) atoms. The summed E-state index contributed by atoms with van der Waals surface area (Å²) in [4.78, 5) is 16.9. The second kappa shape index (κ2) is 6.03. The van der Waals surface area contributed by atoms with Crippen molar-refractivity contribution in [3.63, 3.8) is 0 Å². The molecular formula is C13H11F3N4O2S. The Kier molecular flexibility index (Phi) is 4.07. The van der Waals surface area contributed by atoms with E-state index in [4.69, 9.17) is 4.74 Å². The van der Waals surface area contributed by atoms with Crippen LogP contribution in [0.3, 0.4) is 0 Å². The Balaban J connectivity index is 1.70. The third-order valence-electron chi connectivity index (χ3n) is 3.13. The first-order chi connectivity index (χ1) is 10.9. The highest BCUT2D eigenvalue weighted by Gasteiger charge is 2.36. The molecule has 2 heterocycles. The molecule has 2 aromatic rings. The summed E-state index contributed by atoms with van der Waals surface area (Å²) in [6, 6.07) is 6.73. The van der Waals surface area contributed by atoms with Gasteiger partial charge in [0.05, 0.1) is 13.1 Å². The maximum Gasteiger partial charge on any atom is 0.452 e. The van der Waals surface area contributed by atoms with Crippen molar-refractivity contribution in [2.45, 2.75) is 12.7 Å². The molecule has 1 N–H and O–H groups in total. The Morgan fingerprint density at radius 3 is 2.87 bits per heavy atom. The summed E-state index contributed by atoms with van der Waals surface area (Å²) in [5.41, 5.74) is 0.827. The minimum Gasteiger partial charge on any atom is -0.491 e. The molecule has 1 aliphatic heterocycles. The molecule has 0 aliphatic carbocycles. The number of ether oxygens (including phenoxy) is 1. The molecule has 0 atom stereocenters. The van der Waals surface area contributed by atoms with E-state index in [2.05, 4.69) is 14.7 Å². The number of urea groups is 1. The molecule has 0 bridgehead atoms. The molecule has 0 unspecified atom stereocenters. The molecule has 3 rings (SSSR count). The average molecular weight is 344 g/mol. The number of anilines is 1. The number of halogens is 3. The van der Waals surface area contributed by atoms with Gasteiger partial charge in [-0.05, 0) is 6.07 Å². The van der Waals surface area contributed by atoms with E-state index in [9.17, 15) is 18.0 Å². The van der Waals surface area contributed by atoms with E-state index in [1.54, 1.807) is 6.07 Å². The lowest BCUT2D eigenvalue weighted by Gasteiger charge is -2.19. The Morgan fingerprint density at radius 2 is 2.13 bits per heavy atom. The van der Waals surface area contributed by atoms with Gasteiger partial charge in [-0.25, -0.2) is 4.79 Å². The Labute approximate surface area is 133 Å². The lowest BCUT2D eigenvalue weighted by molar-refractivity contribution is -0.144. The molecule has 6 nitrogen and oxygen atoms in total. The van der Waals surface area contributed by atoms with Gasteiger partial charge in [0.15, 0.2) is 0 Å².